The summed E-state index contributed by atoms with van der Waals surface area (Å²) in [5.74, 6) is -3.56. The molecule has 2 aromatic carbocycles. The molecule has 1 fully saturated rings. The summed E-state index contributed by atoms with van der Waals surface area (Å²) in [4.78, 5) is 37.4. The van der Waals surface area contributed by atoms with Crippen LogP contribution < -0.4 is 5.32 Å². The van der Waals surface area contributed by atoms with Crippen molar-refractivity contribution in [1.82, 2.24) is 10.2 Å². The molecule has 5 nitrogen and oxygen atoms in total. The lowest BCUT2D eigenvalue weighted by Crippen LogP contribution is -2.37. The molecule has 0 radical (unpaired) electrons. The molecule has 3 amide bonds. The molecule has 0 unspecified atom stereocenters. The first kappa shape index (κ1) is 19.7. The van der Waals surface area contributed by atoms with Crippen LogP contribution in [0.25, 0.3) is 6.08 Å². The van der Waals surface area contributed by atoms with Crippen molar-refractivity contribution in [3.63, 3.8) is 0 Å². The molecule has 0 spiro atoms. The molecule has 1 aliphatic rings. The van der Waals surface area contributed by atoms with Gasteiger partial charge < -0.3 is 5.32 Å². The van der Waals surface area contributed by atoms with E-state index in [1.54, 1.807) is 0 Å². The van der Waals surface area contributed by atoms with E-state index < -0.39 is 34.5 Å². The van der Waals surface area contributed by atoms with Gasteiger partial charge in [0.25, 0.3) is 17.1 Å². The first-order valence-electron chi connectivity index (χ1n) is 8.09. The van der Waals surface area contributed by atoms with Crippen molar-refractivity contribution in [1.29, 1.82) is 0 Å². The van der Waals surface area contributed by atoms with Crippen LogP contribution in [0.3, 0.4) is 0 Å². The monoisotopic (exact) mass is 406 g/mol. The van der Waals surface area contributed by atoms with Gasteiger partial charge in [0, 0.05) is 19.2 Å². The summed E-state index contributed by atoms with van der Waals surface area (Å²) in [6, 6.07) is 7.97. The van der Waals surface area contributed by atoms with E-state index in [0.29, 0.717) is 11.6 Å². The first-order valence-corrected chi connectivity index (χ1v) is 8.91. The molecule has 2 aromatic rings. The van der Waals surface area contributed by atoms with Crippen LogP contribution in [-0.2, 0) is 4.79 Å². The second kappa shape index (κ2) is 8.30. The molecule has 0 aromatic heterocycles. The zero-order valence-electron chi connectivity index (χ0n) is 14.2. The van der Waals surface area contributed by atoms with Gasteiger partial charge in [-0.15, -0.1) is 0 Å². The molecule has 0 saturated carbocycles. The second-order valence-corrected chi connectivity index (χ2v) is 6.76. The second-order valence-electron chi connectivity index (χ2n) is 5.76. The summed E-state index contributed by atoms with van der Waals surface area (Å²) in [5.41, 5.74) is 0.221. The summed E-state index contributed by atoms with van der Waals surface area (Å²) < 4.78 is 39.4. The minimum absolute atomic E-state index is 0.0997. The van der Waals surface area contributed by atoms with Crippen LogP contribution in [-0.4, -0.2) is 35.0 Å². The number of rotatable bonds is 5. The van der Waals surface area contributed by atoms with Crippen LogP contribution in [0.4, 0.5) is 18.0 Å². The quantitative estimate of drug-likeness (QED) is 0.771. The zero-order valence-corrected chi connectivity index (χ0v) is 15.1. The Morgan fingerprint density at radius 1 is 1.04 bits per heavy atom. The molecule has 9 heteroatoms. The minimum atomic E-state index is -1.01. The number of imide groups is 1. The Morgan fingerprint density at radius 3 is 2.39 bits per heavy atom. The summed E-state index contributed by atoms with van der Waals surface area (Å²) >= 11 is 0.731. The van der Waals surface area contributed by atoms with Crippen LogP contribution in [0.15, 0.2) is 47.4 Å². The summed E-state index contributed by atoms with van der Waals surface area (Å²) in [5, 5.41) is 1.87. The Morgan fingerprint density at radius 2 is 1.71 bits per heavy atom. The van der Waals surface area contributed by atoms with Gasteiger partial charge >= 0.3 is 0 Å². The van der Waals surface area contributed by atoms with Crippen molar-refractivity contribution in [2.24, 2.45) is 0 Å². The lowest BCUT2D eigenvalue weighted by Gasteiger charge is -2.13. The molecule has 1 heterocycles. The zero-order chi connectivity index (χ0) is 20.3. The molecule has 28 heavy (non-hydrogen) atoms. The van der Waals surface area contributed by atoms with Gasteiger partial charge in [-0.05, 0) is 47.7 Å². The first-order chi connectivity index (χ1) is 13.3. The number of nitrogens with zero attached hydrogens (tertiary/aromatic N) is 1. The Labute approximate surface area is 162 Å². The van der Waals surface area contributed by atoms with Crippen LogP contribution in [0.2, 0.25) is 0 Å². The molecular formula is C19H13F3N2O3S. The summed E-state index contributed by atoms with van der Waals surface area (Å²) in [6.45, 7) is -0.211. The Balaban J connectivity index is 1.60. The highest BCUT2D eigenvalue weighted by molar-refractivity contribution is 8.18. The van der Waals surface area contributed by atoms with Gasteiger partial charge in [-0.2, -0.15) is 0 Å². The molecular weight excluding hydrogens is 393 g/mol. The molecule has 0 bridgehead atoms. The van der Waals surface area contributed by atoms with Gasteiger partial charge in [-0.1, -0.05) is 12.1 Å². The van der Waals surface area contributed by atoms with E-state index >= 15 is 0 Å². The molecule has 0 atom stereocenters. The number of halogens is 3. The van der Waals surface area contributed by atoms with Crippen molar-refractivity contribution in [2.75, 3.05) is 13.1 Å². The highest BCUT2D eigenvalue weighted by atomic mass is 32.2. The number of benzene rings is 2. The van der Waals surface area contributed by atoms with Gasteiger partial charge in [0.2, 0.25) is 0 Å². The maximum Gasteiger partial charge on any atom is 0.293 e. The van der Waals surface area contributed by atoms with E-state index in [9.17, 15) is 27.6 Å². The molecule has 0 aliphatic carbocycles. The fraction of sp³-hybridized carbons (Fsp3) is 0.105. The Bertz CT molecular complexity index is 977. The largest absolute Gasteiger partial charge is 0.350 e. The third-order valence-corrected chi connectivity index (χ3v) is 4.75. The number of carbonyl (C=O) groups is 3. The predicted octanol–water partition coefficient (Wildman–Crippen LogP) is 3.57. The van der Waals surface area contributed by atoms with Crippen molar-refractivity contribution in [2.45, 2.75) is 0 Å². The van der Waals surface area contributed by atoms with E-state index in [1.807, 2.05) is 0 Å². The molecule has 1 N–H and O–H groups in total. The van der Waals surface area contributed by atoms with Crippen LogP contribution in [0, 0.1) is 17.5 Å². The molecule has 3 rings (SSSR count). The lowest BCUT2D eigenvalue weighted by atomic mass is 10.2. The lowest BCUT2D eigenvalue weighted by molar-refractivity contribution is -0.122. The molecule has 1 aliphatic heterocycles. The smallest absolute Gasteiger partial charge is 0.293 e. The Kier molecular flexibility index (Phi) is 5.84. The highest BCUT2D eigenvalue weighted by Gasteiger charge is 2.34. The third-order valence-electron chi connectivity index (χ3n) is 3.84. The van der Waals surface area contributed by atoms with Gasteiger partial charge in [-0.25, -0.2) is 13.2 Å². The standard InChI is InChI=1S/C19H13F3N2O3S/c20-12-3-1-11(2-4-12)9-16-18(26)24(19(27)28-16)8-7-23-17(25)14-6-5-13(21)10-15(14)22/h1-6,9-10H,7-8H2,(H,23,25)/b16-9-. The Hall–Kier alpha value is -3.07. The number of nitrogens with one attached hydrogen (secondary N) is 1. The van der Waals surface area contributed by atoms with E-state index in [0.717, 1.165) is 28.8 Å². The maximum atomic E-state index is 13.6. The van der Waals surface area contributed by atoms with E-state index in [2.05, 4.69) is 5.32 Å². The predicted molar refractivity (Wildman–Crippen MR) is 97.8 cm³/mol. The normalized spacial score (nSPS) is 15.4. The third kappa shape index (κ3) is 4.42. The van der Waals surface area contributed by atoms with Gasteiger partial charge in [0.15, 0.2) is 0 Å². The summed E-state index contributed by atoms with van der Waals surface area (Å²) in [7, 11) is 0. The molecule has 144 valence electrons. The van der Waals surface area contributed by atoms with Crippen LogP contribution in [0.5, 0.6) is 0 Å². The molecule has 1 saturated heterocycles. The average Bonchev–Trinajstić information content (AvgIpc) is 2.91. The number of hydrogen-bond acceptors (Lipinski definition) is 4. The fourth-order valence-electron chi connectivity index (χ4n) is 2.45. The number of thioether (sulfide) groups is 1. The fourth-order valence-corrected chi connectivity index (χ4v) is 3.32. The van der Waals surface area contributed by atoms with E-state index in [-0.39, 0.29) is 23.6 Å². The number of amides is 3. The van der Waals surface area contributed by atoms with Crippen molar-refractivity contribution in [3.05, 3.63) is 75.9 Å². The number of carbonyl (C=O) groups excluding carboxylic acids is 3. The average molecular weight is 406 g/mol. The van der Waals surface area contributed by atoms with Gasteiger partial charge in [0.05, 0.1) is 10.5 Å². The minimum Gasteiger partial charge on any atom is -0.350 e. The van der Waals surface area contributed by atoms with Crippen LogP contribution >= 0.6 is 11.8 Å². The SMILES string of the molecule is O=C(NCCN1C(=O)S/C(=C\c2ccc(F)cc2)C1=O)c1ccc(F)cc1F. The van der Waals surface area contributed by atoms with Crippen molar-refractivity contribution in [3.8, 4) is 0 Å². The number of hydrogen-bond donors (Lipinski definition) is 1. The van der Waals surface area contributed by atoms with Crippen molar-refractivity contribution >= 4 is 34.9 Å². The van der Waals surface area contributed by atoms with Crippen molar-refractivity contribution < 1.29 is 27.6 Å². The van der Waals surface area contributed by atoms with Gasteiger partial charge in [0.1, 0.15) is 17.5 Å². The topological polar surface area (TPSA) is 66.5 Å². The summed E-state index contributed by atoms with van der Waals surface area (Å²) in [6.07, 6.45) is 1.47. The van der Waals surface area contributed by atoms with E-state index in [4.69, 9.17) is 0 Å². The maximum absolute atomic E-state index is 13.6. The van der Waals surface area contributed by atoms with Crippen LogP contribution in [0.1, 0.15) is 15.9 Å². The van der Waals surface area contributed by atoms with E-state index in [1.165, 1.54) is 30.3 Å². The highest BCUT2D eigenvalue weighted by Crippen LogP contribution is 2.31. The van der Waals surface area contributed by atoms with Gasteiger partial charge in [-0.3, -0.25) is 19.3 Å².